The van der Waals surface area contributed by atoms with Gasteiger partial charge in [-0.15, -0.1) is 28.1 Å². The highest BCUT2D eigenvalue weighted by Crippen LogP contribution is 2.27. The third kappa shape index (κ3) is 4.57. The van der Waals surface area contributed by atoms with Gasteiger partial charge in [0, 0.05) is 11.4 Å². The smallest absolute Gasteiger partial charge is 0.277 e. The van der Waals surface area contributed by atoms with Crippen molar-refractivity contribution >= 4 is 40.6 Å². The van der Waals surface area contributed by atoms with Gasteiger partial charge in [0.2, 0.25) is 5.91 Å². The quantitative estimate of drug-likeness (QED) is 0.398. The summed E-state index contributed by atoms with van der Waals surface area (Å²) in [4.78, 5) is 15.3. The first-order valence-corrected chi connectivity index (χ1v) is 9.88. The number of halogens is 1. The molecule has 3 rings (SSSR count). The maximum Gasteiger partial charge on any atom is 0.277 e. The van der Waals surface area contributed by atoms with Crippen molar-refractivity contribution in [1.82, 2.24) is 15.1 Å². The lowest BCUT2D eigenvalue weighted by Crippen LogP contribution is -2.31. The van der Waals surface area contributed by atoms with Crippen molar-refractivity contribution in [2.24, 2.45) is 0 Å². The number of thiophene rings is 1. The predicted octanol–water partition coefficient (Wildman–Crippen LogP) is 4.66. The van der Waals surface area contributed by atoms with E-state index in [4.69, 9.17) is 20.4 Å². The largest absolute Gasteiger partial charge is 0.469 e. The second-order valence-electron chi connectivity index (χ2n) is 5.32. The second kappa shape index (κ2) is 8.57. The lowest BCUT2D eigenvalue weighted by atomic mass is 10.3. The van der Waals surface area contributed by atoms with Crippen LogP contribution in [0.25, 0.3) is 11.5 Å². The van der Waals surface area contributed by atoms with Crippen molar-refractivity contribution in [1.29, 1.82) is 0 Å². The van der Waals surface area contributed by atoms with Crippen LogP contribution in [0.5, 0.6) is 0 Å². The number of nitrogens with zero attached hydrogens (tertiary/aromatic N) is 3. The number of carbonyl (C=O) groups is 1. The van der Waals surface area contributed by atoms with E-state index in [1.54, 1.807) is 23.3 Å². The van der Waals surface area contributed by atoms with Crippen LogP contribution in [0, 0.1) is 6.92 Å². The van der Waals surface area contributed by atoms with E-state index in [1.807, 2.05) is 19.1 Å². The Morgan fingerprint density at radius 1 is 1.42 bits per heavy atom. The molecule has 3 aromatic rings. The maximum atomic E-state index is 12.5. The lowest BCUT2D eigenvalue weighted by Gasteiger charge is -2.19. The fourth-order valence-corrected chi connectivity index (χ4v) is 4.00. The molecule has 0 aliphatic heterocycles. The van der Waals surface area contributed by atoms with E-state index < -0.39 is 0 Å². The molecule has 0 saturated carbocycles. The lowest BCUT2D eigenvalue weighted by molar-refractivity contribution is -0.128. The molecule has 0 atom stereocenters. The van der Waals surface area contributed by atoms with Crippen molar-refractivity contribution in [3.63, 3.8) is 0 Å². The minimum Gasteiger partial charge on any atom is -0.469 e. The molecule has 0 saturated heterocycles. The first-order chi connectivity index (χ1) is 12.6. The molecule has 136 valence electrons. The van der Waals surface area contributed by atoms with Crippen LogP contribution in [-0.4, -0.2) is 33.3 Å². The summed E-state index contributed by atoms with van der Waals surface area (Å²) < 4.78 is 11.5. The summed E-state index contributed by atoms with van der Waals surface area (Å²) in [6.45, 7) is 6.48. The topological polar surface area (TPSA) is 72.4 Å². The molecule has 0 N–H and O–H groups in total. The zero-order valence-electron chi connectivity index (χ0n) is 14.0. The molecule has 3 heterocycles. The number of aryl methyl sites for hydroxylation is 1. The molecular weight excluding hydrogens is 394 g/mol. The summed E-state index contributed by atoms with van der Waals surface area (Å²) in [5.41, 5.74) is 0.749. The van der Waals surface area contributed by atoms with Crippen molar-refractivity contribution < 1.29 is 13.6 Å². The van der Waals surface area contributed by atoms with Gasteiger partial charge in [-0.2, -0.15) is 0 Å². The van der Waals surface area contributed by atoms with Crippen molar-refractivity contribution in [3.8, 4) is 11.5 Å². The molecular formula is C17H16ClN3O3S2. The Morgan fingerprint density at radius 2 is 2.27 bits per heavy atom. The molecule has 3 aromatic heterocycles. The van der Waals surface area contributed by atoms with Crippen LogP contribution in [0.15, 0.2) is 51.2 Å². The van der Waals surface area contributed by atoms with Gasteiger partial charge < -0.3 is 13.7 Å². The van der Waals surface area contributed by atoms with Gasteiger partial charge in [0.1, 0.15) is 5.76 Å². The van der Waals surface area contributed by atoms with Gasteiger partial charge in [-0.3, -0.25) is 4.79 Å². The maximum absolute atomic E-state index is 12.5. The van der Waals surface area contributed by atoms with Crippen LogP contribution in [0.4, 0.5) is 0 Å². The number of thioether (sulfide) groups is 1. The van der Waals surface area contributed by atoms with E-state index in [0.717, 1.165) is 10.4 Å². The number of hydrogen-bond donors (Lipinski definition) is 0. The third-order valence-corrected chi connectivity index (χ3v) is 5.51. The summed E-state index contributed by atoms with van der Waals surface area (Å²) in [6, 6.07) is 5.51. The molecule has 1 amide bonds. The van der Waals surface area contributed by atoms with Crippen molar-refractivity contribution in [3.05, 3.63) is 52.1 Å². The second-order valence-corrected chi connectivity index (χ2v) is 8.05. The van der Waals surface area contributed by atoms with E-state index in [2.05, 4.69) is 16.8 Å². The zero-order valence-corrected chi connectivity index (χ0v) is 16.4. The first-order valence-electron chi connectivity index (χ1n) is 7.70. The molecule has 0 aliphatic rings. The van der Waals surface area contributed by atoms with Gasteiger partial charge in [0.15, 0.2) is 0 Å². The van der Waals surface area contributed by atoms with Crippen LogP contribution in [-0.2, 0) is 11.3 Å². The van der Waals surface area contributed by atoms with E-state index >= 15 is 0 Å². The van der Waals surface area contributed by atoms with Crippen LogP contribution in [0.1, 0.15) is 10.6 Å². The summed E-state index contributed by atoms with van der Waals surface area (Å²) in [7, 11) is 0. The van der Waals surface area contributed by atoms with Gasteiger partial charge in [-0.05, 0) is 25.1 Å². The highest BCUT2D eigenvalue weighted by Gasteiger charge is 2.17. The van der Waals surface area contributed by atoms with Crippen LogP contribution < -0.4 is 0 Å². The zero-order chi connectivity index (χ0) is 18.5. The number of furan rings is 1. The summed E-state index contributed by atoms with van der Waals surface area (Å²) in [5.74, 6) is 1.23. The Balaban J connectivity index is 1.60. The Labute approximate surface area is 163 Å². The van der Waals surface area contributed by atoms with Crippen molar-refractivity contribution in [2.75, 3.05) is 12.3 Å². The van der Waals surface area contributed by atoms with Gasteiger partial charge in [-0.25, -0.2) is 0 Å². The SMILES string of the molecule is C=CCN(Cc1ccc(Cl)s1)C(=O)CSc1nnc(-c2ccoc2C)o1. The molecule has 0 spiro atoms. The van der Waals surface area contributed by atoms with E-state index in [-0.39, 0.29) is 11.7 Å². The molecule has 0 radical (unpaired) electrons. The summed E-state index contributed by atoms with van der Waals surface area (Å²) in [5, 5.41) is 8.31. The number of carbonyl (C=O) groups excluding carboxylic acids is 1. The average Bonchev–Trinajstić information content (AvgIpc) is 3.33. The van der Waals surface area contributed by atoms with Gasteiger partial charge >= 0.3 is 0 Å². The van der Waals surface area contributed by atoms with Crippen LogP contribution >= 0.6 is 34.7 Å². The Hall–Kier alpha value is -2.03. The molecule has 26 heavy (non-hydrogen) atoms. The molecule has 0 aromatic carbocycles. The fraction of sp³-hybridized carbons (Fsp3) is 0.235. The molecule has 0 unspecified atom stereocenters. The molecule has 0 fully saturated rings. The number of rotatable bonds is 8. The molecule has 9 heteroatoms. The highest BCUT2D eigenvalue weighted by atomic mass is 35.5. The normalized spacial score (nSPS) is 10.8. The summed E-state index contributed by atoms with van der Waals surface area (Å²) in [6.07, 6.45) is 3.26. The average molecular weight is 410 g/mol. The van der Waals surface area contributed by atoms with Crippen LogP contribution in [0.3, 0.4) is 0 Å². The van der Waals surface area contributed by atoms with Crippen LogP contribution in [0.2, 0.25) is 4.34 Å². The predicted molar refractivity (Wildman–Crippen MR) is 102 cm³/mol. The van der Waals surface area contributed by atoms with E-state index in [9.17, 15) is 4.79 Å². The molecule has 6 nitrogen and oxygen atoms in total. The number of aromatic nitrogens is 2. The van der Waals surface area contributed by atoms with E-state index in [0.29, 0.717) is 34.3 Å². The van der Waals surface area contributed by atoms with Crippen molar-refractivity contribution in [2.45, 2.75) is 18.7 Å². The minimum atomic E-state index is -0.0429. The minimum absolute atomic E-state index is 0.0429. The number of amides is 1. The number of hydrogen-bond acceptors (Lipinski definition) is 7. The fourth-order valence-electron chi connectivity index (χ4n) is 2.23. The van der Waals surface area contributed by atoms with Gasteiger partial charge in [-0.1, -0.05) is 29.4 Å². The Bertz CT molecular complexity index is 903. The highest BCUT2D eigenvalue weighted by molar-refractivity contribution is 7.99. The van der Waals surface area contributed by atoms with E-state index in [1.165, 1.54) is 23.1 Å². The molecule has 0 aliphatic carbocycles. The standard InChI is InChI=1S/C17H16ClN3O3S2/c1-3-7-21(9-12-4-5-14(18)26-12)15(22)10-25-17-20-19-16(24-17)13-6-8-23-11(13)2/h3-6,8H,1,7,9-10H2,2H3. The first kappa shape index (κ1) is 18.8. The Kier molecular flexibility index (Phi) is 6.18. The molecule has 0 bridgehead atoms. The monoisotopic (exact) mass is 409 g/mol. The van der Waals surface area contributed by atoms with Gasteiger partial charge in [0.05, 0.1) is 28.5 Å². The van der Waals surface area contributed by atoms with Gasteiger partial charge in [0.25, 0.3) is 11.1 Å². The third-order valence-electron chi connectivity index (χ3n) is 3.49. The Morgan fingerprint density at radius 3 is 2.92 bits per heavy atom. The summed E-state index contributed by atoms with van der Waals surface area (Å²) >= 11 is 8.61.